The Labute approximate surface area is 104 Å². The topological polar surface area (TPSA) is 50.3 Å². The van der Waals surface area contributed by atoms with Crippen LogP contribution in [0.15, 0.2) is 18.3 Å². The Morgan fingerprint density at radius 2 is 2.00 bits per heavy atom. The molecular formula is C10H13BrN2O2S. The van der Waals surface area contributed by atoms with Crippen molar-refractivity contribution in [1.29, 1.82) is 0 Å². The minimum atomic E-state index is -2.81. The van der Waals surface area contributed by atoms with E-state index in [-0.39, 0.29) is 11.5 Å². The van der Waals surface area contributed by atoms with Gasteiger partial charge in [0.15, 0.2) is 9.84 Å². The van der Waals surface area contributed by atoms with Crippen LogP contribution in [-0.4, -0.2) is 38.0 Å². The van der Waals surface area contributed by atoms with Crippen LogP contribution in [0.2, 0.25) is 0 Å². The molecule has 0 radical (unpaired) electrons. The highest BCUT2D eigenvalue weighted by Crippen LogP contribution is 2.15. The molecule has 0 unspecified atom stereocenters. The summed E-state index contributed by atoms with van der Waals surface area (Å²) in [6, 6.07) is 3.94. The van der Waals surface area contributed by atoms with Crippen molar-refractivity contribution in [3.8, 4) is 0 Å². The van der Waals surface area contributed by atoms with Gasteiger partial charge in [0.05, 0.1) is 11.5 Å². The van der Waals surface area contributed by atoms with Gasteiger partial charge in [0, 0.05) is 24.6 Å². The number of aromatic nitrogens is 1. The van der Waals surface area contributed by atoms with Gasteiger partial charge in [0.1, 0.15) is 5.82 Å². The van der Waals surface area contributed by atoms with Crippen LogP contribution in [0.3, 0.4) is 0 Å². The zero-order valence-corrected chi connectivity index (χ0v) is 11.2. The van der Waals surface area contributed by atoms with E-state index in [1.54, 1.807) is 0 Å². The predicted molar refractivity (Wildman–Crippen MR) is 67.7 cm³/mol. The number of alkyl halides is 1. The fraction of sp³-hybridized carbons (Fsp3) is 0.500. The highest BCUT2D eigenvalue weighted by molar-refractivity contribution is 9.08. The lowest BCUT2D eigenvalue weighted by Crippen LogP contribution is -2.40. The smallest absolute Gasteiger partial charge is 0.153 e. The van der Waals surface area contributed by atoms with E-state index in [2.05, 4.69) is 20.9 Å². The average molecular weight is 305 g/mol. The van der Waals surface area contributed by atoms with Crippen molar-refractivity contribution in [3.05, 3.63) is 23.9 Å². The van der Waals surface area contributed by atoms with Gasteiger partial charge in [-0.05, 0) is 11.6 Å². The lowest BCUT2D eigenvalue weighted by Gasteiger charge is -2.27. The monoisotopic (exact) mass is 304 g/mol. The van der Waals surface area contributed by atoms with Crippen LogP contribution in [-0.2, 0) is 15.2 Å². The van der Waals surface area contributed by atoms with Crippen LogP contribution in [0.4, 0.5) is 5.82 Å². The Morgan fingerprint density at radius 3 is 2.50 bits per heavy atom. The Balaban J connectivity index is 2.08. The largest absolute Gasteiger partial charge is 0.355 e. The number of rotatable bonds is 2. The summed E-state index contributed by atoms with van der Waals surface area (Å²) in [6.45, 7) is 1.09. The first-order valence-electron chi connectivity index (χ1n) is 5.07. The quantitative estimate of drug-likeness (QED) is 0.771. The summed E-state index contributed by atoms with van der Waals surface area (Å²) < 4.78 is 22.5. The summed E-state index contributed by atoms with van der Waals surface area (Å²) in [7, 11) is -2.81. The Kier molecular flexibility index (Phi) is 3.49. The first kappa shape index (κ1) is 11.9. The van der Waals surface area contributed by atoms with Crippen molar-refractivity contribution >= 4 is 31.6 Å². The maximum Gasteiger partial charge on any atom is 0.153 e. The second-order valence-corrected chi connectivity index (χ2v) is 6.66. The standard InChI is InChI=1S/C10H13BrN2O2S/c11-7-9-1-2-10(12-8-9)13-3-5-16(14,15)6-4-13/h1-2,8H,3-7H2. The Bertz CT molecular complexity index is 444. The number of pyridine rings is 1. The maximum atomic E-state index is 11.3. The van der Waals surface area contributed by atoms with Crippen LogP contribution in [0.1, 0.15) is 5.56 Å². The molecule has 1 aliphatic rings. The fourth-order valence-electron chi connectivity index (χ4n) is 1.62. The zero-order chi connectivity index (χ0) is 11.6. The molecule has 2 heterocycles. The molecule has 0 spiro atoms. The molecule has 0 saturated carbocycles. The van der Waals surface area contributed by atoms with E-state index < -0.39 is 9.84 Å². The third kappa shape index (κ3) is 2.74. The number of sulfone groups is 1. The summed E-state index contributed by atoms with van der Waals surface area (Å²) in [5.74, 6) is 1.32. The second-order valence-electron chi connectivity index (χ2n) is 3.80. The number of anilines is 1. The van der Waals surface area contributed by atoms with E-state index in [4.69, 9.17) is 0 Å². The molecule has 0 atom stereocenters. The molecule has 1 saturated heterocycles. The number of nitrogens with zero attached hydrogens (tertiary/aromatic N) is 2. The van der Waals surface area contributed by atoms with E-state index in [0.29, 0.717) is 13.1 Å². The first-order chi connectivity index (χ1) is 7.61. The Hall–Kier alpha value is -0.620. The van der Waals surface area contributed by atoms with Crippen LogP contribution >= 0.6 is 15.9 Å². The summed E-state index contributed by atoms with van der Waals surface area (Å²) in [6.07, 6.45) is 1.81. The van der Waals surface area contributed by atoms with E-state index in [9.17, 15) is 8.42 Å². The highest BCUT2D eigenvalue weighted by Gasteiger charge is 2.22. The van der Waals surface area contributed by atoms with Gasteiger partial charge < -0.3 is 4.90 Å². The van der Waals surface area contributed by atoms with Crippen molar-refractivity contribution < 1.29 is 8.42 Å². The lowest BCUT2D eigenvalue weighted by molar-refractivity contribution is 0.586. The molecule has 1 aromatic rings. The molecule has 4 nitrogen and oxygen atoms in total. The molecule has 0 bridgehead atoms. The molecule has 88 valence electrons. The summed E-state index contributed by atoms with van der Waals surface area (Å²) >= 11 is 3.36. The van der Waals surface area contributed by atoms with Crippen molar-refractivity contribution in [2.75, 3.05) is 29.5 Å². The first-order valence-corrected chi connectivity index (χ1v) is 8.01. The van der Waals surface area contributed by atoms with Gasteiger partial charge in [-0.25, -0.2) is 13.4 Å². The average Bonchev–Trinajstić information content (AvgIpc) is 2.29. The van der Waals surface area contributed by atoms with Crippen LogP contribution < -0.4 is 4.90 Å². The van der Waals surface area contributed by atoms with Crippen molar-refractivity contribution in [2.24, 2.45) is 0 Å². The van der Waals surface area contributed by atoms with Gasteiger partial charge in [-0.15, -0.1) is 0 Å². The van der Waals surface area contributed by atoms with Gasteiger partial charge in [0.2, 0.25) is 0 Å². The maximum absolute atomic E-state index is 11.3. The molecule has 0 aromatic carbocycles. The third-order valence-electron chi connectivity index (χ3n) is 2.63. The molecule has 6 heteroatoms. The zero-order valence-electron chi connectivity index (χ0n) is 8.76. The second kappa shape index (κ2) is 4.71. The van der Waals surface area contributed by atoms with Crippen molar-refractivity contribution in [2.45, 2.75) is 5.33 Å². The summed E-state index contributed by atoms with van der Waals surface area (Å²) in [5, 5.41) is 0.786. The molecule has 1 fully saturated rings. The normalized spacial score (nSPS) is 19.7. The fourth-order valence-corrected chi connectivity index (χ4v) is 3.16. The summed E-state index contributed by atoms with van der Waals surface area (Å²) in [5.41, 5.74) is 1.12. The molecule has 1 aliphatic heterocycles. The van der Waals surface area contributed by atoms with Crippen molar-refractivity contribution in [1.82, 2.24) is 4.98 Å². The molecule has 16 heavy (non-hydrogen) atoms. The SMILES string of the molecule is O=S1(=O)CCN(c2ccc(CBr)cn2)CC1. The Morgan fingerprint density at radius 1 is 1.31 bits per heavy atom. The van der Waals surface area contributed by atoms with Gasteiger partial charge in [0.25, 0.3) is 0 Å². The van der Waals surface area contributed by atoms with E-state index in [1.807, 2.05) is 23.2 Å². The van der Waals surface area contributed by atoms with Crippen LogP contribution in [0.25, 0.3) is 0 Å². The lowest BCUT2D eigenvalue weighted by atomic mass is 10.3. The summed E-state index contributed by atoms with van der Waals surface area (Å²) in [4.78, 5) is 6.34. The molecule has 0 N–H and O–H groups in total. The van der Waals surface area contributed by atoms with E-state index in [0.717, 1.165) is 16.7 Å². The van der Waals surface area contributed by atoms with Gasteiger partial charge >= 0.3 is 0 Å². The molecular weight excluding hydrogens is 292 g/mol. The van der Waals surface area contributed by atoms with Gasteiger partial charge in [-0.3, -0.25) is 0 Å². The number of hydrogen-bond donors (Lipinski definition) is 0. The van der Waals surface area contributed by atoms with Gasteiger partial charge in [-0.1, -0.05) is 22.0 Å². The molecule has 2 rings (SSSR count). The number of halogens is 1. The van der Waals surface area contributed by atoms with E-state index >= 15 is 0 Å². The molecule has 1 aromatic heterocycles. The highest BCUT2D eigenvalue weighted by atomic mass is 79.9. The molecule has 0 aliphatic carbocycles. The van der Waals surface area contributed by atoms with Gasteiger partial charge in [-0.2, -0.15) is 0 Å². The van der Waals surface area contributed by atoms with Crippen molar-refractivity contribution in [3.63, 3.8) is 0 Å². The van der Waals surface area contributed by atoms with E-state index in [1.165, 1.54) is 0 Å². The minimum Gasteiger partial charge on any atom is -0.355 e. The number of hydrogen-bond acceptors (Lipinski definition) is 4. The predicted octanol–water partition coefficient (Wildman–Crippen LogP) is 1.21. The van der Waals surface area contributed by atoms with Crippen LogP contribution in [0.5, 0.6) is 0 Å². The molecule has 0 amide bonds. The third-order valence-corrected chi connectivity index (χ3v) is 4.89. The minimum absolute atomic E-state index is 0.231. The van der Waals surface area contributed by atoms with Crippen LogP contribution in [0, 0.1) is 0 Å².